The van der Waals surface area contributed by atoms with Gasteiger partial charge in [-0.2, -0.15) is 0 Å². The fourth-order valence-corrected chi connectivity index (χ4v) is 3.30. The molecule has 33 heavy (non-hydrogen) atoms. The van der Waals surface area contributed by atoms with Gasteiger partial charge in [0.25, 0.3) is 0 Å². The molecule has 0 spiro atoms. The highest BCUT2D eigenvalue weighted by Gasteiger charge is 2.22. The molecule has 0 bridgehead atoms. The first-order valence-electron chi connectivity index (χ1n) is 11.2. The first-order chi connectivity index (χ1) is 15.6. The largest absolute Gasteiger partial charge is 0.506 e. The Morgan fingerprint density at radius 3 is 2.21 bits per heavy atom. The summed E-state index contributed by atoms with van der Waals surface area (Å²) < 4.78 is 10.5. The van der Waals surface area contributed by atoms with Crippen LogP contribution in [0, 0.1) is 55.3 Å². The molecule has 0 fully saturated rings. The van der Waals surface area contributed by atoms with Gasteiger partial charge >= 0.3 is 5.97 Å². The zero-order valence-electron chi connectivity index (χ0n) is 20.9. The molecular weight excluding hydrogens is 418 g/mol. The van der Waals surface area contributed by atoms with Gasteiger partial charge in [0, 0.05) is 43.2 Å². The van der Waals surface area contributed by atoms with Crippen LogP contribution in [0.2, 0.25) is 0 Å². The van der Waals surface area contributed by atoms with E-state index in [4.69, 9.17) is 22.3 Å². The number of terminal acetylenes is 2. The number of ether oxygens (including phenoxy) is 2. The maximum atomic E-state index is 12.3. The summed E-state index contributed by atoms with van der Waals surface area (Å²) in [4.78, 5) is 26.7. The molecule has 0 aliphatic rings. The summed E-state index contributed by atoms with van der Waals surface area (Å²) >= 11 is 0. The topological polar surface area (TPSA) is 85.7 Å². The van der Waals surface area contributed by atoms with Crippen LogP contribution in [0.25, 0.3) is 0 Å². The lowest BCUT2D eigenvalue weighted by molar-refractivity contribution is -0.150. The SMILES string of the molecule is C#CCC(C=O)CC(C)C.C#CCC(CC(C)C)C(=O)OCc1c(COC)cnc(C)c1O. The van der Waals surface area contributed by atoms with Crippen molar-refractivity contribution in [3.63, 3.8) is 0 Å². The Labute approximate surface area is 199 Å². The second-order valence-electron chi connectivity index (χ2n) is 8.91. The molecule has 1 heterocycles. The first kappa shape index (κ1) is 30.2. The number of aromatic hydroxyl groups is 1. The number of carbonyl (C=O) groups is 2. The van der Waals surface area contributed by atoms with E-state index in [0.717, 1.165) is 12.7 Å². The molecule has 1 aromatic heterocycles. The quantitative estimate of drug-likeness (QED) is 0.275. The van der Waals surface area contributed by atoms with Crippen molar-refractivity contribution in [2.24, 2.45) is 23.7 Å². The first-order valence-corrected chi connectivity index (χ1v) is 11.2. The third-order valence-corrected chi connectivity index (χ3v) is 4.89. The van der Waals surface area contributed by atoms with Gasteiger partial charge in [0.15, 0.2) is 0 Å². The van der Waals surface area contributed by atoms with Crippen molar-refractivity contribution in [3.05, 3.63) is 23.0 Å². The summed E-state index contributed by atoms with van der Waals surface area (Å²) in [6.07, 6.45) is 15.5. The van der Waals surface area contributed by atoms with E-state index in [1.165, 1.54) is 0 Å². The van der Waals surface area contributed by atoms with Crippen molar-refractivity contribution >= 4 is 12.3 Å². The Bertz CT molecular complexity index is 817. The molecular formula is C27H39NO5. The fraction of sp³-hybridized carbons (Fsp3) is 0.593. The Balaban J connectivity index is 0.000000861. The highest BCUT2D eigenvalue weighted by Crippen LogP contribution is 2.26. The molecule has 0 saturated carbocycles. The zero-order chi connectivity index (χ0) is 25.4. The van der Waals surface area contributed by atoms with Crippen LogP contribution in [-0.2, 0) is 32.3 Å². The van der Waals surface area contributed by atoms with Crippen molar-refractivity contribution in [3.8, 4) is 30.4 Å². The van der Waals surface area contributed by atoms with Crippen molar-refractivity contribution in [1.29, 1.82) is 0 Å². The van der Waals surface area contributed by atoms with Crippen molar-refractivity contribution in [1.82, 2.24) is 4.98 Å². The van der Waals surface area contributed by atoms with E-state index in [1.807, 2.05) is 13.8 Å². The lowest BCUT2D eigenvalue weighted by atomic mass is 9.94. The number of pyridine rings is 1. The third kappa shape index (κ3) is 12.1. The number of aryl methyl sites for hydroxylation is 1. The molecule has 1 aromatic rings. The second kappa shape index (κ2) is 16.8. The van der Waals surface area contributed by atoms with E-state index < -0.39 is 0 Å². The predicted molar refractivity (Wildman–Crippen MR) is 130 cm³/mol. The van der Waals surface area contributed by atoms with Crippen LogP contribution in [0.1, 0.15) is 70.2 Å². The number of methoxy groups -OCH3 is 1. The van der Waals surface area contributed by atoms with E-state index >= 15 is 0 Å². The number of rotatable bonds is 12. The molecule has 2 atom stereocenters. The maximum Gasteiger partial charge on any atom is 0.310 e. The van der Waals surface area contributed by atoms with E-state index in [-0.39, 0.29) is 36.8 Å². The van der Waals surface area contributed by atoms with Crippen molar-refractivity contribution in [2.45, 2.75) is 73.5 Å². The molecule has 1 rings (SSSR count). The number of hydrogen-bond acceptors (Lipinski definition) is 6. The maximum absolute atomic E-state index is 12.3. The van der Waals surface area contributed by atoms with Crippen LogP contribution < -0.4 is 0 Å². The summed E-state index contributed by atoms with van der Waals surface area (Å²) in [7, 11) is 1.55. The van der Waals surface area contributed by atoms with Crippen LogP contribution in [0.15, 0.2) is 6.20 Å². The highest BCUT2D eigenvalue weighted by molar-refractivity contribution is 5.73. The van der Waals surface area contributed by atoms with Gasteiger partial charge in [-0.05, 0) is 31.6 Å². The zero-order valence-corrected chi connectivity index (χ0v) is 20.9. The average Bonchev–Trinajstić information content (AvgIpc) is 2.75. The smallest absolute Gasteiger partial charge is 0.310 e. The van der Waals surface area contributed by atoms with Gasteiger partial charge in [-0.3, -0.25) is 9.78 Å². The van der Waals surface area contributed by atoms with Gasteiger partial charge in [0.05, 0.1) is 18.2 Å². The number of aromatic nitrogens is 1. The molecule has 182 valence electrons. The lowest BCUT2D eigenvalue weighted by Gasteiger charge is -2.17. The van der Waals surface area contributed by atoms with E-state index in [0.29, 0.717) is 47.9 Å². The standard InChI is InChI=1S/C18H25NO4.C9H14O/c1-6-7-14(8-12(2)3)18(21)23-11-16-15(10-22-5)9-19-13(4)17(16)20;1-4-5-9(7-10)6-8(2)3/h1,9,12,14,20H,7-8,10-11H2,2-5H3;1,7-9H,5-6H2,2-3H3. The van der Waals surface area contributed by atoms with Gasteiger partial charge in [0.2, 0.25) is 0 Å². The Morgan fingerprint density at radius 2 is 1.73 bits per heavy atom. The van der Waals surface area contributed by atoms with E-state index in [1.54, 1.807) is 20.2 Å². The summed E-state index contributed by atoms with van der Waals surface area (Å²) in [5, 5.41) is 10.2. The van der Waals surface area contributed by atoms with Crippen molar-refractivity contribution < 1.29 is 24.2 Å². The molecule has 0 saturated heterocycles. The molecule has 0 aliphatic heterocycles. The molecule has 2 unspecified atom stereocenters. The summed E-state index contributed by atoms with van der Waals surface area (Å²) in [6, 6.07) is 0. The second-order valence-corrected chi connectivity index (χ2v) is 8.91. The minimum Gasteiger partial charge on any atom is -0.506 e. The van der Waals surface area contributed by atoms with Gasteiger partial charge in [-0.1, -0.05) is 27.7 Å². The predicted octanol–water partition coefficient (Wildman–Crippen LogP) is 4.84. The van der Waals surface area contributed by atoms with Gasteiger partial charge in [0.1, 0.15) is 18.6 Å². The molecule has 6 heteroatoms. The van der Waals surface area contributed by atoms with Crippen LogP contribution >= 0.6 is 0 Å². The lowest BCUT2D eigenvalue weighted by Crippen LogP contribution is -2.19. The Kier molecular flexibility index (Phi) is 15.3. The number of aldehydes is 1. The molecule has 1 N–H and O–H groups in total. The molecule has 0 radical (unpaired) electrons. The minimum absolute atomic E-state index is 0.0219. The van der Waals surface area contributed by atoms with Crippen LogP contribution in [0.4, 0.5) is 0 Å². The molecule has 6 nitrogen and oxygen atoms in total. The Morgan fingerprint density at radius 1 is 1.12 bits per heavy atom. The van der Waals surface area contributed by atoms with E-state index in [2.05, 4.69) is 30.7 Å². The van der Waals surface area contributed by atoms with Gasteiger partial charge in [-0.15, -0.1) is 24.7 Å². The highest BCUT2D eigenvalue weighted by atomic mass is 16.5. The minimum atomic E-state index is -0.339. The number of carbonyl (C=O) groups excluding carboxylic acids is 2. The van der Waals surface area contributed by atoms with Crippen LogP contribution in [-0.4, -0.2) is 29.5 Å². The summed E-state index contributed by atoms with van der Waals surface area (Å²) in [5.41, 5.74) is 1.70. The number of hydrogen-bond donors (Lipinski definition) is 1. The fourth-order valence-electron chi connectivity index (χ4n) is 3.30. The number of nitrogens with zero attached hydrogens (tertiary/aromatic N) is 1. The van der Waals surface area contributed by atoms with Gasteiger partial charge < -0.3 is 19.4 Å². The molecule has 0 amide bonds. The number of esters is 1. The molecule has 0 aliphatic carbocycles. The molecule has 0 aromatic carbocycles. The third-order valence-electron chi connectivity index (χ3n) is 4.89. The monoisotopic (exact) mass is 457 g/mol. The van der Waals surface area contributed by atoms with Crippen molar-refractivity contribution in [2.75, 3.05) is 7.11 Å². The van der Waals surface area contributed by atoms with E-state index in [9.17, 15) is 14.7 Å². The summed E-state index contributed by atoms with van der Waals surface area (Å²) in [6.45, 7) is 10.2. The summed E-state index contributed by atoms with van der Waals surface area (Å²) in [5.74, 6) is 5.37. The van der Waals surface area contributed by atoms with Gasteiger partial charge in [-0.25, -0.2) is 0 Å². The normalized spacial score (nSPS) is 12.2. The van der Waals surface area contributed by atoms with Crippen LogP contribution in [0.5, 0.6) is 5.75 Å². The van der Waals surface area contributed by atoms with Crippen LogP contribution in [0.3, 0.4) is 0 Å². The Hall–Kier alpha value is -2.83. The average molecular weight is 458 g/mol.